The molecule has 1 N–H and O–H groups in total. The second-order valence-electron chi connectivity index (χ2n) is 10.9. The first-order chi connectivity index (χ1) is 18.5. The van der Waals surface area contributed by atoms with Crippen molar-refractivity contribution in [2.45, 2.75) is 38.8 Å². The molecule has 0 bridgehead atoms. The summed E-state index contributed by atoms with van der Waals surface area (Å²) in [5.74, 6) is 0.196. The molecule has 0 saturated carbocycles. The van der Waals surface area contributed by atoms with Gasteiger partial charge in [0.1, 0.15) is 6.21 Å². The number of pyridine rings is 2. The highest BCUT2D eigenvalue weighted by atomic mass is 19.1. The van der Waals surface area contributed by atoms with E-state index in [0.717, 1.165) is 66.7 Å². The molecule has 7 heteroatoms. The largest absolute Gasteiger partial charge is 0.369 e. The molecular formula is C31H31FN5O+. The summed E-state index contributed by atoms with van der Waals surface area (Å²) in [7, 11) is 0. The Hall–Kier alpha value is -3.84. The molecule has 1 unspecified atom stereocenters. The van der Waals surface area contributed by atoms with E-state index in [-0.39, 0.29) is 11.6 Å². The first-order valence-electron chi connectivity index (χ1n) is 13.5. The predicted molar refractivity (Wildman–Crippen MR) is 150 cm³/mol. The Morgan fingerprint density at radius 1 is 1.00 bits per heavy atom. The van der Waals surface area contributed by atoms with Gasteiger partial charge in [-0.2, -0.15) is 4.39 Å². The third kappa shape index (κ3) is 3.93. The Balaban J connectivity index is 1.28. The summed E-state index contributed by atoms with van der Waals surface area (Å²) in [5, 5.41) is 1.56. The van der Waals surface area contributed by atoms with Crippen molar-refractivity contribution in [3.8, 4) is 22.3 Å². The number of anilines is 1. The van der Waals surface area contributed by atoms with Crippen LogP contribution in [0.4, 0.5) is 15.9 Å². The summed E-state index contributed by atoms with van der Waals surface area (Å²) in [5.41, 5.74) is 5.42. The highest BCUT2D eigenvalue weighted by Crippen LogP contribution is 2.42. The van der Waals surface area contributed by atoms with E-state index in [1.54, 1.807) is 6.20 Å². The molecule has 0 amide bonds. The van der Waals surface area contributed by atoms with Crippen LogP contribution >= 0.6 is 0 Å². The van der Waals surface area contributed by atoms with Crippen molar-refractivity contribution in [1.29, 1.82) is 0 Å². The van der Waals surface area contributed by atoms with Gasteiger partial charge in [-0.05, 0) is 90.1 Å². The number of H-pyrrole nitrogens is 1. The topological polar surface area (TPSA) is 55.2 Å². The number of piperazine rings is 1. The van der Waals surface area contributed by atoms with E-state index >= 15 is 4.39 Å². The standard InChI is InChI=1S/C31H30FN5O/c1-19(2)35-11-13-36(14-12-35)23-6-3-20(4-7-23)26-17-28-25-15-22-9-10-33-31(38)27(22)16-21(25)5-8-24-18-37(24)30(28)34-29(26)32/h3-4,6-7,9-10,15-19,24H,5,8,11-14H2,1-2H3/p+1. The van der Waals surface area contributed by atoms with Crippen molar-refractivity contribution in [1.82, 2.24) is 14.9 Å². The van der Waals surface area contributed by atoms with Gasteiger partial charge in [0.15, 0.2) is 6.04 Å². The van der Waals surface area contributed by atoms with Gasteiger partial charge in [0.05, 0.1) is 11.1 Å². The van der Waals surface area contributed by atoms with E-state index in [0.29, 0.717) is 22.8 Å². The van der Waals surface area contributed by atoms with Crippen LogP contribution in [0.25, 0.3) is 33.0 Å². The van der Waals surface area contributed by atoms with Gasteiger partial charge < -0.3 is 9.88 Å². The second kappa shape index (κ2) is 8.88. The average Bonchev–Trinajstić information content (AvgIpc) is 3.70. The minimum atomic E-state index is -0.458. The first-order valence-corrected chi connectivity index (χ1v) is 13.5. The molecule has 1 atom stereocenters. The lowest BCUT2D eigenvalue weighted by Crippen LogP contribution is -2.48. The Labute approximate surface area is 221 Å². The molecule has 192 valence electrons. The smallest absolute Gasteiger partial charge is 0.335 e. The van der Waals surface area contributed by atoms with Gasteiger partial charge in [0.25, 0.3) is 5.56 Å². The number of nitrogens with one attached hydrogen (secondary N) is 1. The van der Waals surface area contributed by atoms with E-state index in [9.17, 15) is 4.79 Å². The van der Waals surface area contributed by atoms with E-state index in [2.05, 4.69) is 62.6 Å². The van der Waals surface area contributed by atoms with E-state index in [4.69, 9.17) is 0 Å². The highest BCUT2D eigenvalue weighted by Gasteiger charge is 2.39. The van der Waals surface area contributed by atoms with Gasteiger partial charge in [0, 0.05) is 49.5 Å². The average molecular weight is 509 g/mol. The summed E-state index contributed by atoms with van der Waals surface area (Å²) in [4.78, 5) is 24.6. The van der Waals surface area contributed by atoms with Gasteiger partial charge in [-0.1, -0.05) is 12.1 Å². The van der Waals surface area contributed by atoms with Crippen LogP contribution in [0.2, 0.25) is 0 Å². The van der Waals surface area contributed by atoms with E-state index in [1.807, 2.05) is 30.3 Å². The summed E-state index contributed by atoms with van der Waals surface area (Å²) in [6, 6.07) is 16.9. The molecule has 3 aliphatic rings. The number of nitrogens with zero attached hydrogens (tertiary/aromatic N) is 4. The van der Waals surface area contributed by atoms with Crippen LogP contribution in [0.1, 0.15) is 25.8 Å². The van der Waals surface area contributed by atoms with Gasteiger partial charge >= 0.3 is 11.8 Å². The monoisotopic (exact) mass is 508 g/mol. The van der Waals surface area contributed by atoms with Crippen LogP contribution in [0.3, 0.4) is 0 Å². The maximum Gasteiger partial charge on any atom is 0.335 e. The summed E-state index contributed by atoms with van der Waals surface area (Å²) in [6.07, 6.45) is 5.55. The van der Waals surface area contributed by atoms with Crippen LogP contribution in [0, 0.1) is 5.95 Å². The van der Waals surface area contributed by atoms with E-state index < -0.39 is 5.95 Å². The molecule has 1 fully saturated rings. The predicted octanol–water partition coefficient (Wildman–Crippen LogP) is 4.97. The maximum absolute atomic E-state index is 15.5. The zero-order chi connectivity index (χ0) is 26.0. The number of halogens is 1. The van der Waals surface area contributed by atoms with Crippen molar-refractivity contribution in [3.05, 3.63) is 76.6 Å². The summed E-state index contributed by atoms with van der Waals surface area (Å²) in [6.45, 7) is 8.58. The Morgan fingerprint density at radius 3 is 2.55 bits per heavy atom. The van der Waals surface area contributed by atoms with Crippen molar-refractivity contribution in [2.24, 2.45) is 0 Å². The van der Waals surface area contributed by atoms with Crippen LogP contribution in [0.5, 0.6) is 0 Å². The lowest BCUT2D eigenvalue weighted by atomic mass is 9.91. The fraction of sp³-hybridized carbons (Fsp3) is 0.323. The van der Waals surface area contributed by atoms with Gasteiger partial charge in [-0.25, -0.2) is 4.58 Å². The number of benzene rings is 2. The second-order valence-corrected chi connectivity index (χ2v) is 10.9. The van der Waals surface area contributed by atoms with Crippen LogP contribution in [-0.2, 0) is 6.42 Å². The molecule has 2 aromatic heterocycles. The molecule has 0 radical (unpaired) electrons. The molecule has 5 heterocycles. The van der Waals surface area contributed by atoms with Crippen molar-refractivity contribution < 1.29 is 8.97 Å². The van der Waals surface area contributed by atoms with Crippen molar-refractivity contribution >= 4 is 28.5 Å². The summed E-state index contributed by atoms with van der Waals surface area (Å²) >= 11 is 0. The fourth-order valence-corrected chi connectivity index (χ4v) is 6.06. The number of rotatable bonds is 3. The number of hydrogen-bond donors (Lipinski definition) is 1. The zero-order valence-electron chi connectivity index (χ0n) is 21.7. The Bertz CT molecular complexity index is 1650. The van der Waals surface area contributed by atoms with Gasteiger partial charge in [-0.3, -0.25) is 9.69 Å². The normalized spacial score (nSPS) is 18.9. The quantitative estimate of drug-likeness (QED) is 0.314. The molecule has 7 rings (SSSR count). The van der Waals surface area contributed by atoms with Crippen molar-refractivity contribution in [2.75, 3.05) is 31.1 Å². The lowest BCUT2D eigenvalue weighted by molar-refractivity contribution is -0.382. The zero-order valence-corrected chi connectivity index (χ0v) is 21.7. The van der Waals surface area contributed by atoms with Crippen LogP contribution in [0.15, 0.2) is 59.5 Å². The lowest BCUT2D eigenvalue weighted by Gasteiger charge is -2.38. The fourth-order valence-electron chi connectivity index (χ4n) is 6.06. The molecule has 0 aliphatic carbocycles. The number of aromatic amines is 1. The molecule has 3 aliphatic heterocycles. The summed E-state index contributed by atoms with van der Waals surface area (Å²) < 4.78 is 17.6. The number of hydrogen-bond acceptors (Lipinski definition) is 4. The van der Waals surface area contributed by atoms with Gasteiger partial charge in [-0.15, -0.1) is 0 Å². The van der Waals surface area contributed by atoms with Gasteiger partial charge in [0.2, 0.25) is 0 Å². The molecule has 38 heavy (non-hydrogen) atoms. The number of aromatic nitrogens is 2. The maximum atomic E-state index is 15.5. The number of fused-ring (bicyclic) bond motifs is 6. The van der Waals surface area contributed by atoms with E-state index in [1.165, 1.54) is 5.69 Å². The molecule has 6 nitrogen and oxygen atoms in total. The molecular weight excluding hydrogens is 477 g/mol. The SMILES string of the molecule is CC(C)N1CCN(c2ccc(-c3cc4c(nc3F)[N+]3=CC3CCc3cc5c(=O)[nH]ccc5cc3-4)cc2)CC1. The van der Waals surface area contributed by atoms with Crippen LogP contribution in [-0.4, -0.2) is 63.9 Å². The molecule has 2 aromatic carbocycles. The molecule has 0 spiro atoms. The number of aryl methyl sites for hydroxylation is 1. The third-order valence-corrected chi connectivity index (χ3v) is 8.39. The minimum Gasteiger partial charge on any atom is -0.369 e. The Kier molecular flexibility index (Phi) is 5.44. The van der Waals surface area contributed by atoms with Crippen LogP contribution < -0.4 is 10.5 Å². The molecule has 1 saturated heterocycles. The minimum absolute atomic E-state index is 0.0872. The van der Waals surface area contributed by atoms with Crippen molar-refractivity contribution in [3.63, 3.8) is 0 Å². The Morgan fingerprint density at radius 2 is 1.79 bits per heavy atom. The third-order valence-electron chi connectivity index (χ3n) is 8.39. The molecule has 4 aromatic rings. The highest BCUT2D eigenvalue weighted by molar-refractivity contribution is 5.92. The first kappa shape index (κ1) is 23.3.